The second-order valence-electron chi connectivity index (χ2n) is 6.75. The molecule has 2 aliphatic rings. The number of hydrogen-bond donors (Lipinski definition) is 3. The van der Waals surface area contributed by atoms with Crippen molar-refractivity contribution >= 4 is 5.91 Å². The number of carbonyl (C=O) groups is 1. The summed E-state index contributed by atoms with van der Waals surface area (Å²) >= 11 is 0. The number of aliphatic hydroxyl groups excluding tert-OH is 1. The number of hydrazine groups is 1. The Kier molecular flexibility index (Phi) is 4.37. The minimum absolute atomic E-state index is 0.170. The summed E-state index contributed by atoms with van der Waals surface area (Å²) in [5, 5.41) is 9.87. The van der Waals surface area contributed by atoms with Crippen molar-refractivity contribution in [2.24, 2.45) is 0 Å². The van der Waals surface area contributed by atoms with Gasteiger partial charge in [-0.15, -0.1) is 0 Å². The van der Waals surface area contributed by atoms with Crippen LogP contribution in [0, 0.1) is 0 Å². The fourth-order valence-corrected chi connectivity index (χ4v) is 3.32. The highest BCUT2D eigenvalue weighted by molar-refractivity contribution is 5.97. The lowest BCUT2D eigenvalue weighted by Gasteiger charge is -2.34. The summed E-state index contributed by atoms with van der Waals surface area (Å²) in [6, 6.07) is 11.1. The number of nitrogens with zero attached hydrogens (tertiary/aromatic N) is 1. The molecular weight excluding hydrogens is 334 g/mol. The first kappa shape index (κ1) is 17.0. The molecule has 3 N–H and O–H groups in total. The van der Waals surface area contributed by atoms with E-state index < -0.39 is 6.29 Å². The van der Waals surface area contributed by atoms with E-state index in [4.69, 9.17) is 9.47 Å². The molecule has 2 aliphatic heterocycles. The van der Waals surface area contributed by atoms with Crippen LogP contribution in [0.5, 0.6) is 11.5 Å². The predicted molar refractivity (Wildman–Crippen MR) is 94.8 cm³/mol. The number of amides is 1. The molecule has 26 heavy (non-hydrogen) atoms. The van der Waals surface area contributed by atoms with E-state index in [2.05, 4.69) is 10.9 Å². The second-order valence-corrected chi connectivity index (χ2v) is 6.75. The van der Waals surface area contributed by atoms with Crippen molar-refractivity contribution < 1.29 is 19.4 Å². The molecule has 1 amide bonds. The van der Waals surface area contributed by atoms with Gasteiger partial charge in [0.1, 0.15) is 11.5 Å². The van der Waals surface area contributed by atoms with E-state index >= 15 is 0 Å². The number of rotatable bonds is 5. The van der Waals surface area contributed by atoms with Crippen LogP contribution < -0.4 is 15.6 Å². The van der Waals surface area contributed by atoms with Gasteiger partial charge in [-0.25, -0.2) is 5.43 Å². The molecule has 0 fully saturated rings. The van der Waals surface area contributed by atoms with E-state index in [1.54, 1.807) is 6.07 Å². The van der Waals surface area contributed by atoms with E-state index in [1.807, 2.05) is 49.3 Å². The lowest BCUT2D eigenvalue weighted by atomic mass is 9.89. The fraction of sp³-hybridized carbons (Fsp3) is 0.316. The van der Waals surface area contributed by atoms with Gasteiger partial charge in [0.25, 0.3) is 5.91 Å². The Balaban J connectivity index is 1.60. The number of aliphatic hydroxyl groups is 1. The smallest absolute Gasteiger partial charge is 0.265 e. The lowest BCUT2D eigenvalue weighted by molar-refractivity contribution is -0.116. The second kappa shape index (κ2) is 6.69. The summed E-state index contributed by atoms with van der Waals surface area (Å²) in [4.78, 5) is 13.9. The Labute approximate surface area is 151 Å². The van der Waals surface area contributed by atoms with Gasteiger partial charge in [-0.1, -0.05) is 12.1 Å². The van der Waals surface area contributed by atoms with Gasteiger partial charge in [-0.3, -0.25) is 10.2 Å². The highest BCUT2D eigenvalue weighted by Crippen LogP contribution is 2.45. The third kappa shape index (κ3) is 3.06. The number of carbonyl (C=O) groups excluding carboxylic acids is 1. The number of likely N-dealkylation sites (N-methyl/N-ethyl adjacent to an activating group) is 1. The molecule has 2 unspecified atom stereocenters. The molecule has 7 heteroatoms. The number of benzene rings is 2. The number of fused-ring (bicyclic) bond motifs is 2. The molecule has 4 rings (SSSR count). The van der Waals surface area contributed by atoms with Gasteiger partial charge in [-0.05, 0) is 43.9 Å². The van der Waals surface area contributed by atoms with Crippen LogP contribution in [-0.4, -0.2) is 42.8 Å². The van der Waals surface area contributed by atoms with Crippen molar-refractivity contribution in [3.05, 3.63) is 58.7 Å². The van der Waals surface area contributed by atoms with Crippen molar-refractivity contribution in [2.75, 3.05) is 20.6 Å². The maximum atomic E-state index is 12.1. The van der Waals surface area contributed by atoms with E-state index in [9.17, 15) is 9.90 Å². The summed E-state index contributed by atoms with van der Waals surface area (Å²) in [6.45, 7) is 0.719. The molecule has 2 atom stereocenters. The minimum Gasteiger partial charge on any atom is -0.457 e. The topological polar surface area (TPSA) is 83.1 Å². The lowest BCUT2D eigenvalue weighted by Crippen LogP contribution is -2.46. The number of ether oxygens (including phenoxy) is 2. The first-order chi connectivity index (χ1) is 12.5. The summed E-state index contributed by atoms with van der Waals surface area (Å²) in [6.07, 6.45) is -0.850. The maximum absolute atomic E-state index is 12.1. The van der Waals surface area contributed by atoms with Gasteiger partial charge in [0.15, 0.2) is 6.29 Å². The van der Waals surface area contributed by atoms with E-state index in [1.165, 1.54) is 0 Å². The third-order valence-electron chi connectivity index (χ3n) is 4.50. The van der Waals surface area contributed by atoms with Crippen molar-refractivity contribution in [1.82, 2.24) is 15.8 Å². The monoisotopic (exact) mass is 355 g/mol. The zero-order chi connectivity index (χ0) is 18.3. The number of nitrogens with one attached hydrogen (secondary N) is 2. The molecule has 2 heterocycles. The van der Waals surface area contributed by atoms with Crippen LogP contribution in [0.3, 0.4) is 0 Å². The summed E-state index contributed by atoms with van der Waals surface area (Å²) < 4.78 is 11.5. The average Bonchev–Trinajstić information content (AvgIpc) is 2.62. The average molecular weight is 355 g/mol. The minimum atomic E-state index is -0.850. The first-order valence-electron chi connectivity index (χ1n) is 8.47. The summed E-state index contributed by atoms with van der Waals surface area (Å²) in [5.74, 6) is 1.25. The van der Waals surface area contributed by atoms with Gasteiger partial charge in [0.05, 0.1) is 12.6 Å². The molecule has 2 aromatic rings. The van der Waals surface area contributed by atoms with E-state index in [0.29, 0.717) is 17.9 Å². The van der Waals surface area contributed by atoms with Gasteiger partial charge in [0, 0.05) is 23.2 Å². The normalized spacial score (nSPS) is 18.6. The van der Waals surface area contributed by atoms with Crippen molar-refractivity contribution in [3.63, 3.8) is 0 Å². The van der Waals surface area contributed by atoms with Crippen molar-refractivity contribution in [3.8, 4) is 11.5 Å². The number of hydrogen-bond acceptors (Lipinski definition) is 6. The third-order valence-corrected chi connectivity index (χ3v) is 4.50. The standard InChI is InChI=1S/C19H21N3O4/c1-22(2)9-16(23)25-10-11-6-7-14-13(8-11)18-17-12(19(24)21-20-18)4-3-5-15(17)26-14/h3-8,16,18,20,23H,9-10H2,1-2H3,(H,21,24). The van der Waals surface area contributed by atoms with Crippen LogP contribution in [0.4, 0.5) is 0 Å². The first-order valence-corrected chi connectivity index (χ1v) is 8.47. The summed E-state index contributed by atoms with van der Waals surface area (Å²) in [5.41, 5.74) is 9.07. The largest absolute Gasteiger partial charge is 0.457 e. The molecule has 0 spiro atoms. The van der Waals surface area contributed by atoms with Crippen LogP contribution in [0.2, 0.25) is 0 Å². The Morgan fingerprint density at radius 2 is 2.12 bits per heavy atom. The van der Waals surface area contributed by atoms with Crippen molar-refractivity contribution in [2.45, 2.75) is 18.9 Å². The molecule has 0 radical (unpaired) electrons. The van der Waals surface area contributed by atoms with E-state index in [-0.39, 0.29) is 18.6 Å². The SMILES string of the molecule is CN(C)CC(O)OCc1ccc2c(c1)C1NNC(=O)c3cccc(c31)O2. The summed E-state index contributed by atoms with van der Waals surface area (Å²) in [7, 11) is 3.75. The Morgan fingerprint density at radius 3 is 2.92 bits per heavy atom. The molecule has 0 saturated heterocycles. The zero-order valence-corrected chi connectivity index (χ0v) is 14.7. The van der Waals surface area contributed by atoms with Gasteiger partial charge >= 0.3 is 0 Å². The maximum Gasteiger partial charge on any atom is 0.265 e. The van der Waals surface area contributed by atoms with Crippen LogP contribution in [0.25, 0.3) is 0 Å². The van der Waals surface area contributed by atoms with Crippen LogP contribution in [-0.2, 0) is 11.3 Å². The van der Waals surface area contributed by atoms with Crippen LogP contribution in [0.1, 0.15) is 33.1 Å². The Bertz CT molecular complexity index is 853. The molecule has 2 aromatic carbocycles. The quantitative estimate of drug-likeness (QED) is 0.706. The van der Waals surface area contributed by atoms with Crippen LogP contribution in [0.15, 0.2) is 36.4 Å². The molecule has 0 aromatic heterocycles. The molecule has 7 nitrogen and oxygen atoms in total. The Morgan fingerprint density at radius 1 is 1.27 bits per heavy atom. The highest BCUT2D eigenvalue weighted by atomic mass is 16.6. The molecule has 0 bridgehead atoms. The molecule has 136 valence electrons. The molecule has 0 aliphatic carbocycles. The molecular formula is C19H21N3O4. The van der Waals surface area contributed by atoms with Gasteiger partial charge in [-0.2, -0.15) is 0 Å². The highest BCUT2D eigenvalue weighted by Gasteiger charge is 2.34. The zero-order valence-electron chi connectivity index (χ0n) is 14.7. The van der Waals surface area contributed by atoms with Gasteiger partial charge < -0.3 is 19.5 Å². The Hall–Kier alpha value is -2.45. The predicted octanol–water partition coefficient (Wildman–Crippen LogP) is 1.53. The fourth-order valence-electron chi connectivity index (χ4n) is 3.32. The van der Waals surface area contributed by atoms with Crippen LogP contribution >= 0.6 is 0 Å². The van der Waals surface area contributed by atoms with E-state index in [0.717, 1.165) is 22.4 Å². The molecule has 0 saturated carbocycles. The van der Waals surface area contributed by atoms with Crippen molar-refractivity contribution in [1.29, 1.82) is 0 Å². The van der Waals surface area contributed by atoms with Gasteiger partial charge in [0.2, 0.25) is 0 Å².